The van der Waals surface area contributed by atoms with Gasteiger partial charge in [-0.2, -0.15) is 0 Å². The fourth-order valence-electron chi connectivity index (χ4n) is 3.93. The minimum absolute atomic E-state index is 0.0378. The van der Waals surface area contributed by atoms with Crippen molar-refractivity contribution in [2.45, 2.75) is 25.9 Å². The van der Waals surface area contributed by atoms with Crippen molar-refractivity contribution in [1.82, 2.24) is 10.4 Å². The third-order valence-electron chi connectivity index (χ3n) is 5.69. The molecule has 0 amide bonds. The molecule has 156 valence electrons. The Morgan fingerprint density at radius 3 is 2.77 bits per heavy atom. The van der Waals surface area contributed by atoms with Crippen molar-refractivity contribution >= 4 is 16.7 Å². The number of hydrogen-bond acceptors (Lipinski definition) is 5. The molecule has 0 aromatic heterocycles. The monoisotopic (exact) mass is 404 g/mol. The van der Waals surface area contributed by atoms with Gasteiger partial charge in [0, 0.05) is 12.6 Å². The Morgan fingerprint density at radius 1 is 1.13 bits per heavy atom. The standard InChI is InChI=1S/C25H28N2O3/c1-18-8-3-5-11-22(18)25(28)30-27-14-15-29-17-21(27)16-26-19(2)23-13-7-10-20-9-4-6-12-24(20)23/h3-13,19,21,26H,14-17H2,1-2H3/t19-,21?/m1/s1. The first-order valence-corrected chi connectivity index (χ1v) is 10.5. The van der Waals surface area contributed by atoms with E-state index in [2.05, 4.69) is 54.7 Å². The number of rotatable bonds is 6. The third kappa shape index (κ3) is 4.54. The molecular formula is C25H28N2O3. The quantitative estimate of drug-likeness (QED) is 0.665. The summed E-state index contributed by atoms with van der Waals surface area (Å²) in [5, 5.41) is 7.85. The number of carbonyl (C=O) groups is 1. The second-order valence-electron chi connectivity index (χ2n) is 7.76. The fourth-order valence-corrected chi connectivity index (χ4v) is 3.93. The van der Waals surface area contributed by atoms with Crippen molar-refractivity contribution in [1.29, 1.82) is 0 Å². The lowest BCUT2D eigenvalue weighted by Gasteiger charge is -2.34. The van der Waals surface area contributed by atoms with Crippen LogP contribution in [0.1, 0.15) is 34.5 Å². The van der Waals surface area contributed by atoms with Crippen molar-refractivity contribution < 1.29 is 14.4 Å². The molecular weight excluding hydrogens is 376 g/mol. The van der Waals surface area contributed by atoms with Gasteiger partial charge in [-0.1, -0.05) is 60.7 Å². The van der Waals surface area contributed by atoms with Crippen LogP contribution < -0.4 is 5.32 Å². The van der Waals surface area contributed by atoms with Crippen LogP contribution in [0.2, 0.25) is 0 Å². The molecule has 3 aromatic carbocycles. The first-order valence-electron chi connectivity index (χ1n) is 10.5. The molecule has 3 aromatic rings. The molecule has 0 saturated carbocycles. The molecule has 1 N–H and O–H groups in total. The summed E-state index contributed by atoms with van der Waals surface area (Å²) < 4.78 is 5.66. The molecule has 1 aliphatic heterocycles. The molecule has 5 heteroatoms. The molecule has 1 aliphatic rings. The molecule has 2 atom stereocenters. The van der Waals surface area contributed by atoms with Gasteiger partial charge in [0.15, 0.2) is 0 Å². The van der Waals surface area contributed by atoms with Crippen molar-refractivity contribution in [3.05, 3.63) is 83.4 Å². The van der Waals surface area contributed by atoms with Gasteiger partial charge in [-0.05, 0) is 41.8 Å². The highest BCUT2D eigenvalue weighted by atomic mass is 16.7. The fraction of sp³-hybridized carbons (Fsp3) is 0.320. The molecule has 0 spiro atoms. The van der Waals surface area contributed by atoms with Gasteiger partial charge in [-0.15, -0.1) is 5.06 Å². The number of benzene rings is 3. The molecule has 0 aliphatic carbocycles. The van der Waals surface area contributed by atoms with Crippen LogP contribution in [0.3, 0.4) is 0 Å². The molecule has 4 rings (SSSR count). The highest BCUT2D eigenvalue weighted by Gasteiger charge is 2.28. The summed E-state index contributed by atoms with van der Waals surface area (Å²) in [6.07, 6.45) is 0. The Morgan fingerprint density at radius 2 is 1.90 bits per heavy atom. The maximum Gasteiger partial charge on any atom is 0.357 e. The maximum absolute atomic E-state index is 12.7. The van der Waals surface area contributed by atoms with E-state index in [0.717, 1.165) is 5.56 Å². The van der Waals surface area contributed by atoms with Crippen molar-refractivity contribution in [3.8, 4) is 0 Å². The van der Waals surface area contributed by atoms with E-state index in [1.54, 1.807) is 11.1 Å². The third-order valence-corrected chi connectivity index (χ3v) is 5.69. The van der Waals surface area contributed by atoms with Crippen LogP contribution >= 0.6 is 0 Å². The Bertz CT molecular complexity index is 1010. The number of hydroxylamine groups is 2. The van der Waals surface area contributed by atoms with E-state index < -0.39 is 0 Å². The minimum atomic E-state index is -0.317. The molecule has 1 unspecified atom stereocenters. The lowest BCUT2D eigenvalue weighted by Crippen LogP contribution is -2.51. The van der Waals surface area contributed by atoms with Gasteiger partial charge >= 0.3 is 5.97 Å². The highest BCUT2D eigenvalue weighted by Crippen LogP contribution is 2.24. The number of ether oxygens (including phenoxy) is 1. The highest BCUT2D eigenvalue weighted by molar-refractivity contribution is 5.90. The van der Waals surface area contributed by atoms with Gasteiger partial charge in [0.05, 0.1) is 31.4 Å². The van der Waals surface area contributed by atoms with Gasteiger partial charge < -0.3 is 14.9 Å². The number of nitrogens with one attached hydrogen (secondary N) is 1. The lowest BCUT2D eigenvalue weighted by molar-refractivity contribution is -0.183. The molecule has 1 fully saturated rings. The Kier molecular flexibility index (Phi) is 6.43. The van der Waals surface area contributed by atoms with Gasteiger partial charge in [0.2, 0.25) is 0 Å². The summed E-state index contributed by atoms with van der Waals surface area (Å²) in [4.78, 5) is 18.4. The number of fused-ring (bicyclic) bond motifs is 1. The van der Waals surface area contributed by atoms with Crippen molar-refractivity contribution in [3.63, 3.8) is 0 Å². The van der Waals surface area contributed by atoms with Crippen LogP contribution in [0.5, 0.6) is 0 Å². The number of carbonyl (C=O) groups excluding carboxylic acids is 1. The number of aryl methyl sites for hydroxylation is 1. The van der Waals surface area contributed by atoms with Gasteiger partial charge in [-0.25, -0.2) is 4.79 Å². The van der Waals surface area contributed by atoms with Crippen LogP contribution in [0.25, 0.3) is 10.8 Å². The van der Waals surface area contributed by atoms with Crippen LogP contribution in [0.15, 0.2) is 66.7 Å². The number of morpholine rings is 1. The van der Waals surface area contributed by atoms with Crippen LogP contribution in [-0.4, -0.2) is 43.4 Å². The maximum atomic E-state index is 12.7. The summed E-state index contributed by atoms with van der Waals surface area (Å²) >= 11 is 0. The summed E-state index contributed by atoms with van der Waals surface area (Å²) in [6, 6.07) is 22.4. The van der Waals surface area contributed by atoms with Crippen molar-refractivity contribution in [2.75, 3.05) is 26.3 Å². The summed E-state index contributed by atoms with van der Waals surface area (Å²) in [5.74, 6) is -0.317. The van der Waals surface area contributed by atoms with Gasteiger partial charge in [-0.3, -0.25) is 0 Å². The number of nitrogens with zero attached hydrogens (tertiary/aromatic N) is 1. The molecule has 0 radical (unpaired) electrons. The van der Waals surface area contributed by atoms with E-state index in [1.807, 2.05) is 25.1 Å². The molecule has 1 saturated heterocycles. The second kappa shape index (κ2) is 9.39. The second-order valence-corrected chi connectivity index (χ2v) is 7.76. The Labute approximate surface area is 177 Å². The molecule has 5 nitrogen and oxygen atoms in total. The smallest absolute Gasteiger partial charge is 0.357 e. The minimum Gasteiger partial charge on any atom is -0.378 e. The summed E-state index contributed by atoms with van der Waals surface area (Å²) in [5.41, 5.74) is 2.77. The average Bonchev–Trinajstić information content (AvgIpc) is 2.78. The van der Waals surface area contributed by atoms with E-state index in [4.69, 9.17) is 9.57 Å². The van der Waals surface area contributed by atoms with E-state index in [0.29, 0.717) is 31.9 Å². The SMILES string of the molecule is Cc1ccccc1C(=O)ON1CCOCC1CN[C@H](C)c1cccc2ccccc12. The topological polar surface area (TPSA) is 50.8 Å². The van der Waals surface area contributed by atoms with E-state index >= 15 is 0 Å². The summed E-state index contributed by atoms with van der Waals surface area (Å²) in [7, 11) is 0. The van der Waals surface area contributed by atoms with Gasteiger partial charge in [0.25, 0.3) is 0 Å². The molecule has 1 heterocycles. The van der Waals surface area contributed by atoms with E-state index in [9.17, 15) is 4.79 Å². The zero-order valence-electron chi connectivity index (χ0n) is 17.5. The average molecular weight is 405 g/mol. The van der Waals surface area contributed by atoms with Crippen LogP contribution in [-0.2, 0) is 9.57 Å². The lowest BCUT2D eigenvalue weighted by atomic mass is 9.99. The van der Waals surface area contributed by atoms with Crippen LogP contribution in [0.4, 0.5) is 0 Å². The summed E-state index contributed by atoms with van der Waals surface area (Å²) in [6.45, 7) is 6.38. The molecule has 30 heavy (non-hydrogen) atoms. The Balaban J connectivity index is 1.42. The van der Waals surface area contributed by atoms with Gasteiger partial charge in [0.1, 0.15) is 0 Å². The normalized spacial score (nSPS) is 18.3. The first-order chi connectivity index (χ1) is 14.6. The largest absolute Gasteiger partial charge is 0.378 e. The predicted octanol–water partition coefficient (Wildman–Crippen LogP) is 4.27. The number of hydrogen-bond donors (Lipinski definition) is 1. The van der Waals surface area contributed by atoms with E-state index in [1.165, 1.54) is 16.3 Å². The first kappa shape index (κ1) is 20.5. The zero-order chi connectivity index (χ0) is 20.9. The van der Waals surface area contributed by atoms with Crippen LogP contribution in [0, 0.1) is 6.92 Å². The van der Waals surface area contributed by atoms with Crippen molar-refractivity contribution in [2.24, 2.45) is 0 Å². The molecule has 0 bridgehead atoms. The zero-order valence-corrected chi connectivity index (χ0v) is 17.5. The van der Waals surface area contributed by atoms with E-state index in [-0.39, 0.29) is 18.1 Å². The predicted molar refractivity (Wildman–Crippen MR) is 118 cm³/mol. The Hall–Kier alpha value is -2.73.